The summed E-state index contributed by atoms with van der Waals surface area (Å²) >= 11 is 1.56. The van der Waals surface area contributed by atoms with E-state index in [9.17, 15) is 14.4 Å². The van der Waals surface area contributed by atoms with Crippen molar-refractivity contribution in [2.75, 3.05) is 25.5 Å². The highest BCUT2D eigenvalue weighted by Gasteiger charge is 2.39. The molecule has 1 aromatic carbocycles. The van der Waals surface area contributed by atoms with Gasteiger partial charge in [-0.1, -0.05) is 0 Å². The molecule has 3 amide bonds. The maximum Gasteiger partial charge on any atom is 0.277 e. The number of amides is 3. The molecule has 0 saturated heterocycles. The van der Waals surface area contributed by atoms with Crippen molar-refractivity contribution in [3.8, 4) is 10.6 Å². The Labute approximate surface area is 166 Å². The van der Waals surface area contributed by atoms with E-state index in [-0.39, 0.29) is 24.3 Å². The first-order valence-corrected chi connectivity index (χ1v) is 10.0. The molecule has 7 nitrogen and oxygen atoms in total. The monoisotopic (exact) mass is 396 g/mol. The fourth-order valence-corrected chi connectivity index (χ4v) is 4.19. The van der Waals surface area contributed by atoms with E-state index in [1.54, 1.807) is 22.4 Å². The number of aromatic nitrogens is 1. The number of nitrogens with one attached hydrogen (secondary N) is 1. The van der Waals surface area contributed by atoms with Crippen LogP contribution in [0.1, 0.15) is 19.3 Å². The Morgan fingerprint density at radius 2 is 1.96 bits per heavy atom. The summed E-state index contributed by atoms with van der Waals surface area (Å²) in [4.78, 5) is 44.5. The minimum Gasteiger partial charge on any atom is -0.357 e. The predicted molar refractivity (Wildman–Crippen MR) is 106 cm³/mol. The van der Waals surface area contributed by atoms with Crippen LogP contribution in [0, 0.1) is 0 Å². The highest BCUT2D eigenvalue weighted by molar-refractivity contribution is 7.13. The van der Waals surface area contributed by atoms with Gasteiger partial charge in [0.2, 0.25) is 5.91 Å². The third kappa shape index (κ3) is 3.43. The smallest absolute Gasteiger partial charge is 0.277 e. The SMILES string of the molecule is CN1C(=O)C2=C(C1=O)N(CC(=O)Nc1ccc(-c3nccs3)cc1)CCCC2. The molecule has 144 valence electrons. The van der Waals surface area contributed by atoms with E-state index in [0.717, 1.165) is 28.3 Å². The number of thiazole rings is 1. The molecule has 0 spiro atoms. The van der Waals surface area contributed by atoms with Gasteiger partial charge in [0.1, 0.15) is 10.7 Å². The molecule has 0 aliphatic carbocycles. The van der Waals surface area contributed by atoms with Crippen LogP contribution in [0.3, 0.4) is 0 Å². The zero-order valence-electron chi connectivity index (χ0n) is 15.5. The molecule has 2 aliphatic heterocycles. The average molecular weight is 396 g/mol. The number of benzene rings is 1. The van der Waals surface area contributed by atoms with E-state index in [2.05, 4.69) is 10.3 Å². The first-order valence-electron chi connectivity index (χ1n) is 9.15. The van der Waals surface area contributed by atoms with Gasteiger partial charge in [0.25, 0.3) is 11.8 Å². The van der Waals surface area contributed by atoms with Gasteiger partial charge in [-0.2, -0.15) is 0 Å². The van der Waals surface area contributed by atoms with E-state index >= 15 is 0 Å². The lowest BCUT2D eigenvalue weighted by atomic mass is 10.1. The summed E-state index contributed by atoms with van der Waals surface area (Å²) in [5.74, 6) is -0.780. The topological polar surface area (TPSA) is 82.6 Å². The summed E-state index contributed by atoms with van der Waals surface area (Å²) in [5, 5.41) is 5.71. The lowest BCUT2D eigenvalue weighted by Gasteiger charge is -2.23. The van der Waals surface area contributed by atoms with Crippen molar-refractivity contribution in [3.63, 3.8) is 0 Å². The Balaban J connectivity index is 1.46. The van der Waals surface area contributed by atoms with E-state index in [0.29, 0.717) is 29.9 Å². The number of hydrogen-bond donors (Lipinski definition) is 1. The number of nitrogens with zero attached hydrogens (tertiary/aromatic N) is 3. The van der Waals surface area contributed by atoms with Crippen molar-refractivity contribution in [1.82, 2.24) is 14.8 Å². The summed E-state index contributed by atoms with van der Waals surface area (Å²) in [6.45, 7) is 0.627. The lowest BCUT2D eigenvalue weighted by molar-refractivity contribution is -0.136. The van der Waals surface area contributed by atoms with Crippen LogP contribution in [-0.2, 0) is 14.4 Å². The van der Waals surface area contributed by atoms with Gasteiger partial charge in [0.05, 0.1) is 6.54 Å². The summed E-state index contributed by atoms with van der Waals surface area (Å²) in [6.07, 6.45) is 4.02. The van der Waals surface area contributed by atoms with Gasteiger partial charge in [-0.3, -0.25) is 19.3 Å². The number of anilines is 1. The molecule has 1 N–H and O–H groups in total. The summed E-state index contributed by atoms with van der Waals surface area (Å²) in [7, 11) is 1.49. The Morgan fingerprint density at radius 3 is 2.68 bits per heavy atom. The van der Waals surface area contributed by atoms with E-state index in [1.165, 1.54) is 7.05 Å². The van der Waals surface area contributed by atoms with Gasteiger partial charge in [0, 0.05) is 42.0 Å². The molecular weight excluding hydrogens is 376 g/mol. The van der Waals surface area contributed by atoms with Crippen LogP contribution >= 0.6 is 11.3 Å². The van der Waals surface area contributed by atoms with Gasteiger partial charge in [-0.15, -0.1) is 11.3 Å². The highest BCUT2D eigenvalue weighted by atomic mass is 32.1. The third-order valence-electron chi connectivity index (χ3n) is 4.96. The minimum absolute atomic E-state index is 0.0416. The summed E-state index contributed by atoms with van der Waals surface area (Å²) < 4.78 is 0. The Morgan fingerprint density at radius 1 is 1.18 bits per heavy atom. The molecule has 8 heteroatoms. The molecule has 0 unspecified atom stereocenters. The normalized spacial score (nSPS) is 17.0. The van der Waals surface area contributed by atoms with Crippen molar-refractivity contribution < 1.29 is 14.4 Å². The fraction of sp³-hybridized carbons (Fsp3) is 0.300. The number of likely N-dealkylation sites (N-methyl/N-ethyl adjacent to an activating group) is 1. The van der Waals surface area contributed by atoms with Crippen LogP contribution in [-0.4, -0.2) is 52.6 Å². The second kappa shape index (κ2) is 7.55. The first kappa shape index (κ1) is 18.4. The van der Waals surface area contributed by atoms with Crippen molar-refractivity contribution in [2.24, 2.45) is 0 Å². The second-order valence-corrected chi connectivity index (χ2v) is 7.73. The molecule has 3 heterocycles. The van der Waals surface area contributed by atoms with Crippen molar-refractivity contribution in [1.29, 1.82) is 0 Å². The quantitative estimate of drug-likeness (QED) is 0.803. The van der Waals surface area contributed by atoms with Crippen molar-refractivity contribution in [2.45, 2.75) is 19.3 Å². The molecule has 0 radical (unpaired) electrons. The van der Waals surface area contributed by atoms with Gasteiger partial charge in [-0.25, -0.2) is 4.98 Å². The second-order valence-electron chi connectivity index (χ2n) is 6.84. The fourth-order valence-electron chi connectivity index (χ4n) is 3.55. The number of carbonyl (C=O) groups is 3. The average Bonchev–Trinajstić information content (AvgIpc) is 3.23. The number of hydrogen-bond acceptors (Lipinski definition) is 6. The standard InChI is InChI=1S/C20H20N4O3S/c1-23-19(26)15-4-2-3-10-24(17(15)20(23)27)12-16(25)22-14-7-5-13(6-8-14)18-21-9-11-28-18/h5-9,11H,2-4,10,12H2,1H3,(H,22,25). The van der Waals surface area contributed by atoms with Crippen LogP contribution in [0.4, 0.5) is 5.69 Å². The van der Waals surface area contributed by atoms with Crippen molar-refractivity contribution >= 4 is 34.7 Å². The van der Waals surface area contributed by atoms with Gasteiger partial charge in [-0.05, 0) is 43.5 Å². The van der Waals surface area contributed by atoms with Crippen LogP contribution in [0.25, 0.3) is 10.6 Å². The maximum absolute atomic E-state index is 12.6. The summed E-state index contributed by atoms with van der Waals surface area (Å²) in [5.41, 5.74) is 2.60. The lowest BCUT2D eigenvalue weighted by Crippen LogP contribution is -2.37. The molecule has 4 rings (SSSR count). The molecule has 0 saturated carbocycles. The van der Waals surface area contributed by atoms with Gasteiger partial charge >= 0.3 is 0 Å². The zero-order valence-corrected chi connectivity index (χ0v) is 16.3. The minimum atomic E-state index is -0.317. The molecule has 2 aromatic rings. The molecule has 0 fully saturated rings. The van der Waals surface area contributed by atoms with E-state index < -0.39 is 0 Å². The van der Waals surface area contributed by atoms with Crippen LogP contribution in [0.5, 0.6) is 0 Å². The molecule has 0 atom stereocenters. The molecule has 2 aliphatic rings. The molecule has 1 aromatic heterocycles. The highest BCUT2D eigenvalue weighted by Crippen LogP contribution is 2.30. The number of rotatable bonds is 4. The maximum atomic E-state index is 12.6. The van der Waals surface area contributed by atoms with Gasteiger partial charge < -0.3 is 10.2 Å². The Hall–Kier alpha value is -3.00. The van der Waals surface area contributed by atoms with Crippen LogP contribution in [0.15, 0.2) is 47.1 Å². The first-order chi connectivity index (χ1) is 13.5. The van der Waals surface area contributed by atoms with Crippen LogP contribution in [0.2, 0.25) is 0 Å². The Kier molecular flexibility index (Phi) is 4.95. The zero-order chi connectivity index (χ0) is 19.7. The Bertz CT molecular complexity index is 950. The van der Waals surface area contributed by atoms with Crippen LogP contribution < -0.4 is 5.32 Å². The molecule has 0 bridgehead atoms. The van der Waals surface area contributed by atoms with Crippen molar-refractivity contribution in [3.05, 3.63) is 47.1 Å². The van der Waals surface area contributed by atoms with E-state index in [1.807, 2.05) is 29.6 Å². The third-order valence-corrected chi connectivity index (χ3v) is 5.78. The summed E-state index contributed by atoms with van der Waals surface area (Å²) in [6, 6.07) is 7.49. The molecular formula is C20H20N4O3S. The number of imide groups is 1. The van der Waals surface area contributed by atoms with Gasteiger partial charge in [0.15, 0.2) is 0 Å². The van der Waals surface area contributed by atoms with E-state index in [4.69, 9.17) is 0 Å². The number of carbonyl (C=O) groups excluding carboxylic acids is 3. The molecule has 28 heavy (non-hydrogen) atoms. The largest absolute Gasteiger partial charge is 0.357 e. The predicted octanol–water partition coefficient (Wildman–Crippen LogP) is 2.49.